The molecule has 1 unspecified atom stereocenters. The van der Waals surface area contributed by atoms with Gasteiger partial charge in [-0.15, -0.1) is 0 Å². The number of aliphatic imine (C=N–C) groups is 1. The maximum Gasteiger partial charge on any atom is 0.311 e. The third kappa shape index (κ3) is 1.28. The summed E-state index contributed by atoms with van der Waals surface area (Å²) in [4.78, 5) is 3.70. The molecule has 0 aromatic heterocycles. The minimum atomic E-state index is -2.52. The summed E-state index contributed by atoms with van der Waals surface area (Å²) in [6.45, 7) is -0.857. The summed E-state index contributed by atoms with van der Waals surface area (Å²) in [7, 11) is 0. The second-order valence-electron chi connectivity index (χ2n) is 6.22. The van der Waals surface area contributed by atoms with Crippen LogP contribution in [-0.2, 0) is 9.47 Å². The Morgan fingerprint density at radius 1 is 1.18 bits per heavy atom. The third-order valence-corrected chi connectivity index (χ3v) is 5.22. The number of hydrogen-bond acceptors (Lipinski definition) is 11. The van der Waals surface area contributed by atoms with Gasteiger partial charge in [0.05, 0.1) is 12.5 Å². The van der Waals surface area contributed by atoms with Crippen molar-refractivity contribution in [3.8, 4) is 0 Å². The Morgan fingerprint density at radius 3 is 2.45 bits per heavy atom. The quantitative estimate of drug-likeness (QED) is 0.231. The molecule has 0 aromatic carbocycles. The highest BCUT2D eigenvalue weighted by atomic mass is 16.9. The van der Waals surface area contributed by atoms with E-state index in [1.165, 1.54) is 0 Å². The Hall–Kier alpha value is -1.05. The summed E-state index contributed by atoms with van der Waals surface area (Å²) in [5, 5.41) is 64.3. The van der Waals surface area contributed by atoms with Gasteiger partial charge in [-0.3, -0.25) is 0 Å². The van der Waals surface area contributed by atoms with Gasteiger partial charge in [0.2, 0.25) is 0 Å². The van der Waals surface area contributed by atoms with Gasteiger partial charge in [-0.1, -0.05) is 0 Å². The van der Waals surface area contributed by atoms with Crippen LogP contribution in [0.1, 0.15) is 0 Å². The van der Waals surface area contributed by atoms with Crippen LogP contribution in [0.3, 0.4) is 0 Å². The molecule has 5 rings (SSSR count). The van der Waals surface area contributed by atoms with Crippen molar-refractivity contribution in [1.29, 1.82) is 0 Å². The number of nitrogens with two attached hydrogens (primary N) is 1. The summed E-state index contributed by atoms with van der Waals surface area (Å²) < 4.78 is 10.3. The van der Waals surface area contributed by atoms with E-state index in [-0.39, 0.29) is 5.96 Å². The first-order chi connectivity index (χ1) is 10.2. The third-order valence-electron chi connectivity index (χ3n) is 5.22. The zero-order chi connectivity index (χ0) is 16.1. The standard InChI is InChI=1S/C11H17N3O8/c12-8-13-6(17)2-4-9(19,1-15)5-3(16)10(2,14-8)7(18)11(20,21-4)22-5/h2-7,15-20H,1H2,(H3,12,13,14)/t2-,3+,4-,5-,6+,7+,9-,10?,11+/m1/s1. The van der Waals surface area contributed by atoms with E-state index in [1.54, 1.807) is 0 Å². The Labute approximate surface area is 123 Å². The lowest BCUT2D eigenvalue weighted by Gasteiger charge is -2.71. The van der Waals surface area contributed by atoms with Crippen molar-refractivity contribution >= 4 is 5.96 Å². The summed E-state index contributed by atoms with van der Waals surface area (Å²) in [5.74, 6) is -3.95. The first-order valence-corrected chi connectivity index (χ1v) is 6.77. The van der Waals surface area contributed by atoms with Crippen LogP contribution in [0.5, 0.6) is 0 Å². The molecule has 0 radical (unpaired) electrons. The SMILES string of the molecule is NC1=N[C@@H](O)[C@H]2[C@H]3O[C@]4(O)O[C@H]([C@H](O)C2(N1)[C@@H]4O)[C@@]3(O)CO. The van der Waals surface area contributed by atoms with Crippen molar-refractivity contribution in [3.05, 3.63) is 0 Å². The fourth-order valence-corrected chi connectivity index (χ4v) is 4.24. The van der Waals surface area contributed by atoms with Crippen molar-refractivity contribution in [3.63, 3.8) is 0 Å². The lowest BCUT2D eigenvalue weighted by molar-refractivity contribution is -0.548. The molecule has 4 aliphatic heterocycles. The molecule has 0 aromatic rings. The first kappa shape index (κ1) is 14.5. The minimum Gasteiger partial charge on any atom is -0.393 e. The van der Waals surface area contributed by atoms with Crippen LogP contribution in [0.2, 0.25) is 0 Å². The van der Waals surface area contributed by atoms with Crippen molar-refractivity contribution in [2.45, 2.75) is 47.8 Å². The van der Waals surface area contributed by atoms with Gasteiger partial charge >= 0.3 is 5.97 Å². The van der Waals surface area contributed by atoms with Crippen molar-refractivity contribution in [2.75, 3.05) is 6.61 Å². The number of aliphatic hydroxyl groups excluding tert-OH is 4. The number of nitrogens with zero attached hydrogens (tertiary/aromatic N) is 1. The summed E-state index contributed by atoms with van der Waals surface area (Å²) in [5.41, 5.74) is 1.74. The number of rotatable bonds is 1. The van der Waals surface area contributed by atoms with Crippen LogP contribution in [0.4, 0.5) is 0 Å². The van der Waals surface area contributed by atoms with E-state index in [9.17, 15) is 30.6 Å². The van der Waals surface area contributed by atoms with E-state index < -0.39 is 60.3 Å². The molecule has 9 atom stereocenters. The van der Waals surface area contributed by atoms with E-state index in [1.807, 2.05) is 0 Å². The lowest BCUT2D eigenvalue weighted by Crippen LogP contribution is -2.95. The maximum atomic E-state index is 10.6. The second-order valence-corrected chi connectivity index (χ2v) is 6.22. The fraction of sp³-hybridized carbons (Fsp3) is 0.909. The van der Waals surface area contributed by atoms with E-state index in [2.05, 4.69) is 10.3 Å². The molecule has 1 aliphatic carbocycles. The number of nitrogens with one attached hydrogen (secondary N) is 1. The largest absolute Gasteiger partial charge is 0.393 e. The van der Waals surface area contributed by atoms with Crippen LogP contribution in [0.15, 0.2) is 4.99 Å². The Morgan fingerprint density at radius 2 is 1.82 bits per heavy atom. The van der Waals surface area contributed by atoms with E-state index in [0.717, 1.165) is 0 Å². The molecule has 1 spiro atoms. The van der Waals surface area contributed by atoms with E-state index in [0.29, 0.717) is 0 Å². The second kappa shape index (κ2) is 3.88. The molecule has 3 saturated heterocycles. The van der Waals surface area contributed by atoms with Crippen LogP contribution >= 0.6 is 0 Å². The molecule has 1 saturated carbocycles. The van der Waals surface area contributed by atoms with Gasteiger partial charge < -0.3 is 51.2 Å². The van der Waals surface area contributed by atoms with E-state index in [4.69, 9.17) is 15.2 Å². The smallest absolute Gasteiger partial charge is 0.311 e. The molecule has 11 heteroatoms. The molecule has 4 fully saturated rings. The number of hydrogen-bond donors (Lipinski definition) is 8. The van der Waals surface area contributed by atoms with Crippen molar-refractivity contribution in [2.24, 2.45) is 16.6 Å². The molecule has 4 bridgehead atoms. The van der Waals surface area contributed by atoms with Gasteiger partial charge in [-0.05, 0) is 0 Å². The molecule has 11 nitrogen and oxygen atoms in total. The predicted octanol–water partition coefficient (Wildman–Crippen LogP) is -5.52. The molecule has 5 aliphatic rings. The topological polar surface area (TPSA) is 190 Å². The summed E-state index contributed by atoms with van der Waals surface area (Å²) in [6, 6.07) is 0. The summed E-state index contributed by atoms with van der Waals surface area (Å²) >= 11 is 0. The summed E-state index contributed by atoms with van der Waals surface area (Å²) in [6.07, 6.45) is -7.77. The van der Waals surface area contributed by atoms with Crippen LogP contribution < -0.4 is 11.1 Å². The zero-order valence-corrected chi connectivity index (χ0v) is 11.2. The zero-order valence-electron chi connectivity index (χ0n) is 11.2. The minimum absolute atomic E-state index is 0.250. The highest BCUT2D eigenvalue weighted by molar-refractivity contribution is 5.80. The first-order valence-electron chi connectivity index (χ1n) is 6.77. The Kier molecular flexibility index (Phi) is 2.57. The van der Waals surface area contributed by atoms with E-state index >= 15 is 0 Å². The van der Waals surface area contributed by atoms with Gasteiger partial charge in [0.1, 0.15) is 29.5 Å². The van der Waals surface area contributed by atoms with Gasteiger partial charge in [-0.2, -0.15) is 0 Å². The van der Waals surface area contributed by atoms with Crippen LogP contribution in [-0.4, -0.2) is 91.0 Å². The van der Waals surface area contributed by atoms with Gasteiger partial charge in [0.15, 0.2) is 18.3 Å². The highest BCUT2D eigenvalue weighted by Gasteiger charge is 2.82. The average molecular weight is 319 g/mol. The number of ether oxygens (including phenoxy) is 2. The molecular weight excluding hydrogens is 302 g/mol. The molecule has 22 heavy (non-hydrogen) atoms. The van der Waals surface area contributed by atoms with Crippen molar-refractivity contribution < 1.29 is 40.1 Å². The van der Waals surface area contributed by atoms with Gasteiger partial charge in [-0.25, -0.2) is 4.99 Å². The predicted molar refractivity (Wildman–Crippen MR) is 65.7 cm³/mol. The van der Waals surface area contributed by atoms with Crippen molar-refractivity contribution in [1.82, 2.24) is 5.32 Å². The maximum absolute atomic E-state index is 10.6. The molecule has 9 N–H and O–H groups in total. The molecule has 4 heterocycles. The number of guanidine groups is 1. The molecule has 0 amide bonds. The van der Waals surface area contributed by atoms with Crippen LogP contribution in [0.25, 0.3) is 0 Å². The van der Waals surface area contributed by atoms with Gasteiger partial charge in [0.25, 0.3) is 0 Å². The monoisotopic (exact) mass is 319 g/mol. The Balaban J connectivity index is 1.95. The van der Waals surface area contributed by atoms with Gasteiger partial charge in [0, 0.05) is 0 Å². The molecule has 124 valence electrons. The number of aliphatic hydroxyl groups is 6. The fourth-order valence-electron chi connectivity index (χ4n) is 4.24. The molecular formula is C11H17N3O8. The van der Waals surface area contributed by atoms with Crippen LogP contribution in [0, 0.1) is 5.92 Å². The Bertz CT molecular complexity index is 561. The highest BCUT2D eigenvalue weighted by Crippen LogP contribution is 2.58. The lowest BCUT2D eigenvalue weighted by atomic mass is 9.55. The normalized spacial score (nSPS) is 62.4. The average Bonchev–Trinajstić information content (AvgIpc) is 2.45.